The van der Waals surface area contributed by atoms with Gasteiger partial charge in [-0.2, -0.15) is 0 Å². The van der Waals surface area contributed by atoms with Gasteiger partial charge < -0.3 is 4.74 Å². The summed E-state index contributed by atoms with van der Waals surface area (Å²) in [6.45, 7) is 11.1. The molecule has 1 heterocycles. The van der Waals surface area contributed by atoms with Gasteiger partial charge in [0.15, 0.2) is 0 Å². The molecule has 1 aliphatic heterocycles. The number of ether oxygens (including phenoxy) is 1. The molecule has 0 saturated carbocycles. The van der Waals surface area contributed by atoms with Gasteiger partial charge >= 0.3 is 0 Å². The molecule has 0 aromatic heterocycles. The van der Waals surface area contributed by atoms with Gasteiger partial charge in [-0.15, -0.1) is 0 Å². The summed E-state index contributed by atoms with van der Waals surface area (Å²) in [7, 11) is 0. The van der Waals surface area contributed by atoms with Crippen molar-refractivity contribution in [3.63, 3.8) is 0 Å². The first-order valence-electron chi connectivity index (χ1n) is 5.03. The third kappa shape index (κ3) is 2.46. The van der Waals surface area contributed by atoms with Gasteiger partial charge in [0.2, 0.25) is 0 Å². The second kappa shape index (κ2) is 4.24. The van der Waals surface area contributed by atoms with Crippen LogP contribution in [-0.4, -0.2) is 36.2 Å². The minimum Gasteiger partial charge on any atom is -0.373 e. The number of hydrogen-bond acceptors (Lipinski definition) is 2. The third-order valence-corrected chi connectivity index (χ3v) is 2.66. The third-order valence-electron chi connectivity index (χ3n) is 2.66. The Morgan fingerprint density at radius 2 is 1.83 bits per heavy atom. The molecule has 12 heavy (non-hydrogen) atoms. The summed E-state index contributed by atoms with van der Waals surface area (Å²) in [5.41, 5.74) is 0. The summed E-state index contributed by atoms with van der Waals surface area (Å²) >= 11 is 0. The molecule has 0 aromatic carbocycles. The van der Waals surface area contributed by atoms with E-state index >= 15 is 0 Å². The minimum absolute atomic E-state index is 0.405. The molecular formula is C10H21NO. The Kier molecular flexibility index (Phi) is 3.53. The minimum atomic E-state index is 0.405. The van der Waals surface area contributed by atoms with Crippen LogP contribution < -0.4 is 0 Å². The molecule has 0 amide bonds. The van der Waals surface area contributed by atoms with Crippen LogP contribution >= 0.6 is 0 Å². The summed E-state index contributed by atoms with van der Waals surface area (Å²) in [6.07, 6.45) is 2.05. The molecule has 72 valence electrons. The van der Waals surface area contributed by atoms with Crippen molar-refractivity contribution in [1.82, 2.24) is 4.90 Å². The summed E-state index contributed by atoms with van der Waals surface area (Å²) in [5.74, 6) is 0. The Balaban J connectivity index is 2.43. The van der Waals surface area contributed by atoms with E-state index in [2.05, 4.69) is 32.6 Å². The van der Waals surface area contributed by atoms with Gasteiger partial charge in [0.25, 0.3) is 0 Å². The maximum Gasteiger partial charge on any atom is 0.0678 e. The lowest BCUT2D eigenvalue weighted by atomic mass is 10.1. The maximum absolute atomic E-state index is 5.67. The van der Waals surface area contributed by atoms with Gasteiger partial charge in [-0.05, 0) is 27.2 Å². The van der Waals surface area contributed by atoms with Crippen LogP contribution in [0.15, 0.2) is 0 Å². The van der Waals surface area contributed by atoms with Crippen LogP contribution in [0, 0.1) is 0 Å². The highest BCUT2D eigenvalue weighted by Crippen LogP contribution is 2.14. The Labute approximate surface area is 75.9 Å². The largest absolute Gasteiger partial charge is 0.373 e. The molecule has 0 N–H and O–H groups in total. The topological polar surface area (TPSA) is 12.5 Å². The van der Waals surface area contributed by atoms with Crippen molar-refractivity contribution in [1.29, 1.82) is 0 Å². The van der Waals surface area contributed by atoms with Crippen molar-refractivity contribution in [2.24, 2.45) is 0 Å². The monoisotopic (exact) mass is 171 g/mol. The summed E-state index contributed by atoms with van der Waals surface area (Å²) in [5, 5.41) is 0. The van der Waals surface area contributed by atoms with Crippen LogP contribution in [-0.2, 0) is 4.74 Å². The summed E-state index contributed by atoms with van der Waals surface area (Å²) in [6, 6.07) is 0.707. The smallest absolute Gasteiger partial charge is 0.0678 e. The summed E-state index contributed by atoms with van der Waals surface area (Å²) in [4.78, 5) is 2.53. The fourth-order valence-electron chi connectivity index (χ4n) is 1.84. The van der Waals surface area contributed by atoms with Gasteiger partial charge in [-0.25, -0.2) is 0 Å². The van der Waals surface area contributed by atoms with E-state index in [4.69, 9.17) is 4.74 Å². The lowest BCUT2D eigenvalue weighted by molar-refractivity contribution is -0.0786. The number of nitrogens with zero attached hydrogens (tertiary/aromatic N) is 1. The van der Waals surface area contributed by atoms with E-state index in [9.17, 15) is 0 Å². The molecule has 0 aliphatic carbocycles. The van der Waals surface area contributed by atoms with Crippen molar-refractivity contribution in [3.05, 3.63) is 0 Å². The quantitative estimate of drug-likeness (QED) is 0.629. The molecule has 1 rings (SSSR count). The molecule has 0 bridgehead atoms. The fraction of sp³-hybridized carbons (Fsp3) is 1.00. The number of morpholine rings is 1. The van der Waals surface area contributed by atoms with E-state index in [0.29, 0.717) is 18.2 Å². The molecule has 3 atom stereocenters. The van der Waals surface area contributed by atoms with Crippen LogP contribution in [0.25, 0.3) is 0 Å². The van der Waals surface area contributed by atoms with E-state index < -0.39 is 0 Å². The second-order valence-electron chi connectivity index (χ2n) is 3.97. The van der Waals surface area contributed by atoms with Gasteiger partial charge in [-0.1, -0.05) is 6.92 Å². The lowest BCUT2D eigenvalue weighted by Gasteiger charge is -2.38. The second-order valence-corrected chi connectivity index (χ2v) is 3.97. The average Bonchev–Trinajstić information content (AvgIpc) is 2.01. The van der Waals surface area contributed by atoms with Crippen LogP contribution in [0.3, 0.4) is 0 Å². The molecule has 2 nitrogen and oxygen atoms in total. The van der Waals surface area contributed by atoms with Crippen molar-refractivity contribution < 1.29 is 4.74 Å². The van der Waals surface area contributed by atoms with Crippen LogP contribution in [0.2, 0.25) is 0 Å². The molecule has 0 spiro atoms. The maximum atomic E-state index is 5.67. The van der Waals surface area contributed by atoms with Gasteiger partial charge in [0.05, 0.1) is 12.2 Å². The Bertz CT molecular complexity index is 128. The molecule has 1 aliphatic rings. The van der Waals surface area contributed by atoms with Crippen molar-refractivity contribution in [3.8, 4) is 0 Å². The Morgan fingerprint density at radius 3 is 2.25 bits per heavy atom. The van der Waals surface area contributed by atoms with E-state index in [0.717, 1.165) is 13.1 Å². The van der Waals surface area contributed by atoms with Gasteiger partial charge in [-0.3, -0.25) is 4.90 Å². The standard InChI is InChI=1S/C10H21NO/c1-5-8(2)11-6-9(3)12-10(4)7-11/h8-10H,5-7H2,1-4H3/t8?,9-,10+. The Hall–Kier alpha value is -0.0800. The van der Waals surface area contributed by atoms with Crippen LogP contribution in [0.4, 0.5) is 0 Å². The summed E-state index contributed by atoms with van der Waals surface area (Å²) < 4.78 is 5.67. The predicted octanol–water partition coefficient (Wildman–Crippen LogP) is 1.89. The highest BCUT2D eigenvalue weighted by molar-refractivity contribution is 4.76. The van der Waals surface area contributed by atoms with E-state index in [1.807, 2.05) is 0 Å². The Morgan fingerprint density at radius 1 is 1.33 bits per heavy atom. The zero-order valence-corrected chi connectivity index (χ0v) is 8.71. The predicted molar refractivity (Wildman–Crippen MR) is 51.3 cm³/mol. The zero-order valence-electron chi connectivity index (χ0n) is 8.71. The highest BCUT2D eigenvalue weighted by atomic mass is 16.5. The van der Waals surface area contributed by atoms with Crippen LogP contribution in [0.1, 0.15) is 34.1 Å². The first-order valence-corrected chi connectivity index (χ1v) is 5.03. The van der Waals surface area contributed by atoms with E-state index in [1.165, 1.54) is 6.42 Å². The average molecular weight is 171 g/mol. The molecular weight excluding hydrogens is 150 g/mol. The van der Waals surface area contributed by atoms with Crippen molar-refractivity contribution in [2.45, 2.75) is 52.4 Å². The molecule has 1 fully saturated rings. The van der Waals surface area contributed by atoms with E-state index in [-0.39, 0.29) is 0 Å². The zero-order chi connectivity index (χ0) is 9.14. The van der Waals surface area contributed by atoms with Crippen molar-refractivity contribution in [2.75, 3.05) is 13.1 Å². The first kappa shape index (κ1) is 10.0. The number of rotatable bonds is 2. The van der Waals surface area contributed by atoms with Crippen molar-refractivity contribution >= 4 is 0 Å². The lowest BCUT2D eigenvalue weighted by Crippen LogP contribution is -2.48. The van der Waals surface area contributed by atoms with Gasteiger partial charge in [0.1, 0.15) is 0 Å². The molecule has 0 radical (unpaired) electrons. The fourth-order valence-corrected chi connectivity index (χ4v) is 1.84. The molecule has 2 heteroatoms. The van der Waals surface area contributed by atoms with Gasteiger partial charge in [0, 0.05) is 19.1 Å². The molecule has 1 unspecified atom stereocenters. The van der Waals surface area contributed by atoms with E-state index in [1.54, 1.807) is 0 Å². The molecule has 1 saturated heterocycles. The normalized spacial score (nSPS) is 35.0. The SMILES string of the molecule is CCC(C)N1C[C@@H](C)O[C@@H](C)C1. The number of hydrogen-bond donors (Lipinski definition) is 0. The first-order chi connectivity index (χ1) is 5.63. The highest BCUT2D eigenvalue weighted by Gasteiger charge is 2.24. The molecule has 0 aromatic rings. The van der Waals surface area contributed by atoms with Crippen LogP contribution in [0.5, 0.6) is 0 Å².